The van der Waals surface area contributed by atoms with Crippen molar-refractivity contribution in [3.05, 3.63) is 35.7 Å². The second-order valence-corrected chi connectivity index (χ2v) is 4.74. The van der Waals surface area contributed by atoms with Gasteiger partial charge in [-0.15, -0.1) is 0 Å². The van der Waals surface area contributed by atoms with Crippen LogP contribution >= 0.6 is 0 Å². The molecule has 3 heteroatoms. The molecule has 0 radical (unpaired) electrons. The van der Waals surface area contributed by atoms with Crippen LogP contribution in [0.5, 0.6) is 0 Å². The predicted molar refractivity (Wildman–Crippen MR) is 62.5 cm³/mol. The molecule has 0 amide bonds. The maximum atomic E-state index is 7.83. The Kier molecular flexibility index (Phi) is 1.46. The predicted octanol–water partition coefficient (Wildman–Crippen LogP) is 1.80. The van der Waals surface area contributed by atoms with Gasteiger partial charge in [-0.3, -0.25) is 9.97 Å². The van der Waals surface area contributed by atoms with Crippen molar-refractivity contribution in [3.8, 4) is 0 Å². The lowest BCUT2D eigenvalue weighted by Crippen LogP contribution is -2.28. The third kappa shape index (κ3) is 1.06. The van der Waals surface area contributed by atoms with Gasteiger partial charge in [0.2, 0.25) is 0 Å². The van der Waals surface area contributed by atoms with Crippen LogP contribution in [-0.4, -0.2) is 23.1 Å². The molecule has 2 bridgehead atoms. The molecule has 1 aromatic carbocycles. The van der Waals surface area contributed by atoms with Crippen molar-refractivity contribution in [1.82, 2.24) is 15.3 Å². The van der Waals surface area contributed by atoms with Crippen molar-refractivity contribution in [2.24, 2.45) is 0 Å². The molecule has 1 aromatic heterocycles. The van der Waals surface area contributed by atoms with Gasteiger partial charge in [0.25, 0.3) is 0 Å². The topological polar surface area (TPSA) is 37.8 Å². The van der Waals surface area contributed by atoms with Crippen molar-refractivity contribution >= 4 is 11.0 Å². The average Bonchev–Trinajstić information content (AvgIpc) is 2.59. The molecule has 2 aliphatic rings. The van der Waals surface area contributed by atoms with Crippen LogP contribution < -0.4 is 5.31 Å². The van der Waals surface area contributed by atoms with Gasteiger partial charge < -0.3 is 5.31 Å². The molecule has 1 fully saturated rings. The summed E-state index contributed by atoms with van der Waals surface area (Å²) in [6.07, 6.45) is 4.68. The molecule has 1 N–H and O–H groups in total. The standard InChI is InChI=1S/C13H13N3/c1-2-16-13-5-11-9-3-8(6-14-7-9)10(11)4-12(13)15-1/h1-2,4-5,8-9,14H,3,6-7H2/t8-,9-/m0/s1/i/hD. The number of benzene rings is 1. The Bertz CT molecular complexity index is 548. The fraction of sp³-hybridized carbons (Fsp3) is 0.385. The number of fused-ring (bicyclic) bond motifs is 6. The fourth-order valence-electron chi connectivity index (χ4n) is 3.08. The summed E-state index contributed by atoms with van der Waals surface area (Å²) >= 11 is 0. The SMILES string of the molecule is [2H]N1C[C@@H]2C[C@@H](C1)c1cc3nccnc3cc12. The van der Waals surface area contributed by atoms with E-state index in [1.165, 1.54) is 17.5 Å². The normalized spacial score (nSPS) is 29.1. The molecule has 0 spiro atoms. The first kappa shape index (κ1) is 7.74. The Balaban J connectivity index is 1.95. The van der Waals surface area contributed by atoms with Crippen LogP contribution in [0.1, 0.15) is 29.4 Å². The second kappa shape index (κ2) is 3.01. The Morgan fingerprint density at radius 1 is 1.06 bits per heavy atom. The molecule has 2 aromatic rings. The van der Waals surface area contributed by atoms with E-state index in [0.29, 0.717) is 11.8 Å². The first-order valence-electron chi connectivity index (χ1n) is 6.24. The molecule has 3 nitrogen and oxygen atoms in total. The molecular weight excluding hydrogens is 198 g/mol. The minimum atomic E-state index is 0.521. The Labute approximate surface area is 95.4 Å². The van der Waals surface area contributed by atoms with E-state index >= 15 is 0 Å². The zero-order valence-corrected chi connectivity index (χ0v) is 8.93. The van der Waals surface area contributed by atoms with Gasteiger partial charge in [0.15, 0.2) is 0 Å². The minimum absolute atomic E-state index is 0.521. The van der Waals surface area contributed by atoms with Crippen LogP contribution in [-0.2, 0) is 0 Å². The Hall–Kier alpha value is -1.48. The van der Waals surface area contributed by atoms with Crippen molar-refractivity contribution in [2.45, 2.75) is 18.3 Å². The third-order valence-corrected chi connectivity index (χ3v) is 3.82. The van der Waals surface area contributed by atoms with E-state index in [0.717, 1.165) is 24.1 Å². The summed E-state index contributed by atoms with van der Waals surface area (Å²) < 4.78 is 7.83. The molecule has 0 unspecified atom stereocenters. The molecule has 1 aliphatic carbocycles. The lowest BCUT2D eigenvalue weighted by molar-refractivity contribution is 0.454. The monoisotopic (exact) mass is 212 g/mol. The van der Waals surface area contributed by atoms with Gasteiger partial charge >= 0.3 is 0 Å². The van der Waals surface area contributed by atoms with Crippen LogP contribution in [0.4, 0.5) is 0 Å². The maximum Gasteiger partial charge on any atom is 0.122 e. The number of rotatable bonds is 0. The van der Waals surface area contributed by atoms with Gasteiger partial charge in [0.1, 0.15) is 1.41 Å². The second-order valence-electron chi connectivity index (χ2n) is 4.74. The average molecular weight is 212 g/mol. The molecule has 0 saturated carbocycles. The van der Waals surface area contributed by atoms with E-state index in [1.807, 2.05) is 0 Å². The van der Waals surface area contributed by atoms with E-state index in [2.05, 4.69) is 22.1 Å². The van der Waals surface area contributed by atoms with Crippen LogP contribution in [0, 0.1) is 0 Å². The first-order chi connectivity index (χ1) is 8.31. The summed E-state index contributed by atoms with van der Waals surface area (Å²) in [5.74, 6) is 1.04. The summed E-state index contributed by atoms with van der Waals surface area (Å²) in [6, 6.07) is 4.36. The Morgan fingerprint density at radius 3 is 2.19 bits per heavy atom. The highest BCUT2D eigenvalue weighted by molar-refractivity contribution is 5.77. The highest BCUT2D eigenvalue weighted by atomic mass is 14.9. The van der Waals surface area contributed by atoms with Crippen molar-refractivity contribution in [2.75, 3.05) is 13.1 Å². The highest BCUT2D eigenvalue weighted by Gasteiger charge is 2.34. The van der Waals surface area contributed by atoms with E-state index in [9.17, 15) is 0 Å². The first-order valence-corrected chi connectivity index (χ1v) is 5.79. The summed E-state index contributed by atoms with van der Waals surface area (Å²) in [6.45, 7) is 1.71. The van der Waals surface area contributed by atoms with Crippen molar-refractivity contribution in [1.29, 1.82) is 0 Å². The van der Waals surface area contributed by atoms with Gasteiger partial charge in [0, 0.05) is 25.5 Å². The largest absolute Gasteiger partial charge is 0.316 e. The van der Waals surface area contributed by atoms with Crippen LogP contribution in [0.25, 0.3) is 11.0 Å². The molecular formula is C13H13N3. The fourth-order valence-corrected chi connectivity index (χ4v) is 3.08. The third-order valence-electron chi connectivity index (χ3n) is 3.82. The van der Waals surface area contributed by atoms with Crippen LogP contribution in [0.3, 0.4) is 0 Å². The molecule has 16 heavy (non-hydrogen) atoms. The zero-order chi connectivity index (χ0) is 11.4. The molecule has 80 valence electrons. The van der Waals surface area contributed by atoms with Crippen LogP contribution in [0.15, 0.2) is 24.5 Å². The van der Waals surface area contributed by atoms with Gasteiger partial charge in [-0.05, 0) is 41.5 Å². The Morgan fingerprint density at radius 2 is 1.62 bits per heavy atom. The van der Waals surface area contributed by atoms with Gasteiger partial charge in [-0.25, -0.2) is 0 Å². The van der Waals surface area contributed by atoms with E-state index < -0.39 is 0 Å². The van der Waals surface area contributed by atoms with Gasteiger partial charge in [-0.2, -0.15) is 0 Å². The summed E-state index contributed by atoms with van der Waals surface area (Å²) in [4.78, 5) is 8.74. The van der Waals surface area contributed by atoms with Gasteiger partial charge in [0.05, 0.1) is 11.0 Å². The van der Waals surface area contributed by atoms with Crippen molar-refractivity contribution in [3.63, 3.8) is 0 Å². The quantitative estimate of drug-likeness (QED) is 0.723. The van der Waals surface area contributed by atoms with Gasteiger partial charge in [-0.1, -0.05) is 0 Å². The molecule has 4 rings (SSSR count). The number of piperidine rings is 1. The lowest BCUT2D eigenvalue weighted by Gasteiger charge is -2.19. The van der Waals surface area contributed by atoms with E-state index in [1.54, 1.807) is 17.7 Å². The summed E-state index contributed by atoms with van der Waals surface area (Å²) in [5, 5.41) is 1.70. The molecule has 1 aliphatic heterocycles. The molecule has 1 saturated heterocycles. The lowest BCUT2D eigenvalue weighted by atomic mass is 9.98. The number of hydrogen-bond acceptors (Lipinski definition) is 3. The minimum Gasteiger partial charge on any atom is -0.316 e. The molecule has 2 heterocycles. The van der Waals surface area contributed by atoms with E-state index in [-0.39, 0.29) is 0 Å². The summed E-state index contributed by atoms with van der Waals surface area (Å²) in [5.41, 5.74) is 4.76. The maximum absolute atomic E-state index is 7.83. The van der Waals surface area contributed by atoms with Crippen molar-refractivity contribution < 1.29 is 1.41 Å². The number of nitrogens with zero attached hydrogens (tertiary/aromatic N) is 2. The summed E-state index contributed by atoms with van der Waals surface area (Å²) in [7, 11) is 0. The number of nitrogens with one attached hydrogen (secondary N) is 1. The molecule has 2 atom stereocenters. The number of hydrogen-bond donors (Lipinski definition) is 1. The van der Waals surface area contributed by atoms with Crippen LogP contribution in [0.2, 0.25) is 1.41 Å². The van der Waals surface area contributed by atoms with E-state index in [4.69, 9.17) is 1.41 Å². The zero-order valence-electron chi connectivity index (χ0n) is 9.93. The highest BCUT2D eigenvalue weighted by Crippen LogP contribution is 2.44. The number of aromatic nitrogens is 2. The smallest absolute Gasteiger partial charge is 0.122 e.